The summed E-state index contributed by atoms with van der Waals surface area (Å²) in [5.74, 6) is 0. The predicted molar refractivity (Wildman–Crippen MR) is 252 cm³/mol. The summed E-state index contributed by atoms with van der Waals surface area (Å²) in [5.41, 5.74) is 11.4. The van der Waals surface area contributed by atoms with E-state index in [4.69, 9.17) is 4.42 Å². The molecule has 12 rings (SSSR count). The van der Waals surface area contributed by atoms with Crippen LogP contribution in [-0.4, -0.2) is 4.57 Å². The lowest BCUT2D eigenvalue weighted by atomic mass is 10.1. The van der Waals surface area contributed by atoms with E-state index in [2.05, 4.69) is 233 Å². The van der Waals surface area contributed by atoms with Gasteiger partial charge in [-0.3, -0.25) is 0 Å². The van der Waals surface area contributed by atoms with E-state index in [1.165, 1.54) is 21.5 Å². The number of fused-ring (bicyclic) bond motifs is 9. The van der Waals surface area contributed by atoms with Gasteiger partial charge in [0.1, 0.15) is 11.2 Å². The Hall–Kier alpha value is -8.08. The second kappa shape index (κ2) is 13.8. The van der Waals surface area contributed by atoms with Crippen molar-refractivity contribution in [2.24, 2.45) is 0 Å². The van der Waals surface area contributed by atoms with Crippen LogP contribution in [0.4, 0.5) is 34.1 Å². The maximum atomic E-state index is 6.72. The van der Waals surface area contributed by atoms with Crippen LogP contribution < -0.4 is 9.80 Å². The Morgan fingerprint density at radius 1 is 0.317 bits per heavy atom. The van der Waals surface area contributed by atoms with E-state index in [1.807, 2.05) is 6.07 Å². The molecule has 0 radical (unpaired) electrons. The van der Waals surface area contributed by atoms with E-state index in [0.29, 0.717) is 0 Å². The molecule has 0 saturated heterocycles. The number of benzene rings is 10. The number of furan rings is 1. The molecule has 0 aliphatic heterocycles. The topological polar surface area (TPSA) is 24.6 Å². The van der Waals surface area contributed by atoms with E-state index >= 15 is 0 Å². The highest BCUT2D eigenvalue weighted by Gasteiger charge is 2.23. The number of anilines is 6. The van der Waals surface area contributed by atoms with Crippen molar-refractivity contribution in [2.45, 2.75) is 0 Å². The zero-order valence-corrected chi connectivity index (χ0v) is 32.6. The molecule has 0 bridgehead atoms. The number of hydrogen-bond donors (Lipinski definition) is 0. The minimum Gasteiger partial charge on any atom is -0.455 e. The van der Waals surface area contributed by atoms with Crippen molar-refractivity contribution in [3.63, 3.8) is 0 Å². The lowest BCUT2D eigenvalue weighted by Crippen LogP contribution is -2.14. The molecule has 4 heteroatoms. The molecule has 0 fully saturated rings. The largest absolute Gasteiger partial charge is 0.455 e. The number of para-hydroxylation sites is 4. The Bertz CT molecular complexity index is 3430. The molecule has 2 heterocycles. The van der Waals surface area contributed by atoms with Gasteiger partial charge in [-0.25, -0.2) is 0 Å². The molecule has 0 amide bonds. The number of hydrogen-bond acceptors (Lipinski definition) is 3. The molecule has 12 aromatic rings. The maximum Gasteiger partial charge on any atom is 0.145 e. The minimum atomic E-state index is 0.892. The van der Waals surface area contributed by atoms with Crippen LogP contribution in [0.5, 0.6) is 0 Å². The first kappa shape index (κ1) is 34.0. The summed E-state index contributed by atoms with van der Waals surface area (Å²) in [6, 6.07) is 80.6. The fourth-order valence-electron chi connectivity index (χ4n) is 9.16. The van der Waals surface area contributed by atoms with Gasteiger partial charge in [0.15, 0.2) is 0 Å². The van der Waals surface area contributed by atoms with Crippen molar-refractivity contribution in [3.05, 3.63) is 224 Å². The second-order valence-corrected chi connectivity index (χ2v) is 15.4. The van der Waals surface area contributed by atoms with Crippen LogP contribution in [0.15, 0.2) is 229 Å². The summed E-state index contributed by atoms with van der Waals surface area (Å²) >= 11 is 0. The van der Waals surface area contributed by atoms with Crippen molar-refractivity contribution in [1.29, 1.82) is 0 Å². The quantitative estimate of drug-likeness (QED) is 0.161. The first-order valence-corrected chi connectivity index (χ1v) is 20.4. The van der Waals surface area contributed by atoms with Gasteiger partial charge in [-0.2, -0.15) is 0 Å². The van der Waals surface area contributed by atoms with Crippen LogP contribution in [0.2, 0.25) is 0 Å². The first-order valence-electron chi connectivity index (χ1n) is 20.4. The number of nitrogens with zero attached hydrogens (tertiary/aromatic N) is 3. The highest BCUT2D eigenvalue weighted by molar-refractivity contribution is 6.24. The smallest absolute Gasteiger partial charge is 0.145 e. The molecule has 0 aliphatic carbocycles. The zero-order chi connectivity index (χ0) is 39.6. The summed E-state index contributed by atoms with van der Waals surface area (Å²) in [5, 5.41) is 9.28. The Morgan fingerprint density at radius 3 is 1.45 bits per heavy atom. The van der Waals surface area contributed by atoms with E-state index in [9.17, 15) is 0 Å². The van der Waals surface area contributed by atoms with Gasteiger partial charge < -0.3 is 18.8 Å². The SMILES string of the molecule is c1ccc(N(c2cc(N(c3ccccc3)c3ccc4ccccc4c3)cc(-n3c4ccccc4c4c5oc6ccccc6c5ccc43)c2)c2ccc3ccccc3c2)cc1. The molecule has 0 spiro atoms. The van der Waals surface area contributed by atoms with Gasteiger partial charge in [0, 0.05) is 38.9 Å². The van der Waals surface area contributed by atoms with Gasteiger partial charge >= 0.3 is 0 Å². The number of rotatable bonds is 7. The molecule has 10 aromatic carbocycles. The summed E-state index contributed by atoms with van der Waals surface area (Å²) in [7, 11) is 0. The lowest BCUT2D eigenvalue weighted by molar-refractivity contribution is 0.673. The molecule has 0 unspecified atom stereocenters. The van der Waals surface area contributed by atoms with Crippen molar-refractivity contribution < 1.29 is 4.42 Å². The third kappa shape index (κ3) is 5.53. The average Bonchev–Trinajstić information content (AvgIpc) is 3.86. The van der Waals surface area contributed by atoms with Crippen LogP contribution in [0, 0.1) is 0 Å². The van der Waals surface area contributed by atoms with Crippen LogP contribution >= 0.6 is 0 Å². The van der Waals surface area contributed by atoms with Crippen molar-refractivity contribution in [2.75, 3.05) is 9.80 Å². The molecular formula is C56H37N3O. The van der Waals surface area contributed by atoms with Crippen LogP contribution in [0.1, 0.15) is 0 Å². The van der Waals surface area contributed by atoms with Gasteiger partial charge in [-0.05, 0) is 113 Å². The summed E-state index contributed by atoms with van der Waals surface area (Å²) in [4.78, 5) is 4.77. The van der Waals surface area contributed by atoms with Crippen molar-refractivity contribution >= 4 is 99.4 Å². The minimum absolute atomic E-state index is 0.892. The van der Waals surface area contributed by atoms with E-state index in [0.717, 1.165) is 83.6 Å². The zero-order valence-electron chi connectivity index (χ0n) is 32.6. The molecule has 0 saturated carbocycles. The fourth-order valence-corrected chi connectivity index (χ4v) is 9.16. The van der Waals surface area contributed by atoms with Crippen LogP contribution in [0.3, 0.4) is 0 Å². The highest BCUT2D eigenvalue weighted by Crippen LogP contribution is 2.46. The highest BCUT2D eigenvalue weighted by atomic mass is 16.3. The summed E-state index contributed by atoms with van der Waals surface area (Å²) in [6.07, 6.45) is 0. The fraction of sp³-hybridized carbons (Fsp3) is 0. The van der Waals surface area contributed by atoms with Gasteiger partial charge in [-0.1, -0.05) is 133 Å². The maximum absolute atomic E-state index is 6.72. The third-order valence-corrected chi connectivity index (χ3v) is 11.9. The Kier molecular flexibility index (Phi) is 7.82. The van der Waals surface area contributed by atoms with Crippen molar-refractivity contribution in [3.8, 4) is 5.69 Å². The normalized spacial score (nSPS) is 11.7. The average molecular weight is 768 g/mol. The van der Waals surface area contributed by atoms with Gasteiger partial charge in [0.25, 0.3) is 0 Å². The standard InChI is InChI=1S/C56H37N3O/c1-3-19-42(20-4-1)57(44-29-27-38-15-7-9-17-40(38)33-44)46-35-47(58(43-21-5-2-6-22-43)45-30-28-39-16-8-10-18-41(39)34-45)37-48(36-46)59-52-25-13-11-24-51(52)55-53(59)32-31-50-49-23-12-14-26-54(49)60-56(50)55/h1-37H. The van der Waals surface area contributed by atoms with E-state index in [1.54, 1.807) is 0 Å². The van der Waals surface area contributed by atoms with Crippen molar-refractivity contribution in [1.82, 2.24) is 4.57 Å². The van der Waals surface area contributed by atoms with E-state index < -0.39 is 0 Å². The molecule has 2 aromatic heterocycles. The Morgan fingerprint density at radius 2 is 0.833 bits per heavy atom. The summed E-state index contributed by atoms with van der Waals surface area (Å²) in [6.45, 7) is 0. The lowest BCUT2D eigenvalue weighted by Gasteiger charge is -2.30. The molecule has 0 aliphatic rings. The van der Waals surface area contributed by atoms with Gasteiger partial charge in [-0.15, -0.1) is 0 Å². The molecule has 282 valence electrons. The second-order valence-electron chi connectivity index (χ2n) is 15.4. The van der Waals surface area contributed by atoms with Crippen LogP contribution in [0.25, 0.3) is 71.0 Å². The molecule has 0 N–H and O–H groups in total. The Labute approximate surface area is 347 Å². The van der Waals surface area contributed by atoms with Gasteiger partial charge in [0.2, 0.25) is 0 Å². The van der Waals surface area contributed by atoms with Crippen LogP contribution in [-0.2, 0) is 0 Å². The predicted octanol–water partition coefficient (Wildman–Crippen LogP) is 15.9. The number of aromatic nitrogens is 1. The molecule has 4 nitrogen and oxygen atoms in total. The molecule has 60 heavy (non-hydrogen) atoms. The third-order valence-electron chi connectivity index (χ3n) is 11.9. The Balaban J connectivity index is 1.18. The molecule has 0 atom stereocenters. The summed E-state index contributed by atoms with van der Waals surface area (Å²) < 4.78 is 9.13. The first-order chi connectivity index (χ1) is 29.7. The van der Waals surface area contributed by atoms with E-state index in [-0.39, 0.29) is 0 Å². The van der Waals surface area contributed by atoms with Gasteiger partial charge in [0.05, 0.1) is 33.5 Å². The monoisotopic (exact) mass is 767 g/mol. The molecular weight excluding hydrogens is 731 g/mol.